The minimum Gasteiger partial charge on any atom is -0.464 e. The first kappa shape index (κ1) is 12.5. The van der Waals surface area contributed by atoms with Gasteiger partial charge >= 0.3 is 5.97 Å². The summed E-state index contributed by atoms with van der Waals surface area (Å²) >= 11 is 0. The monoisotopic (exact) mass is 227 g/mol. The molecule has 0 amide bonds. The molecule has 0 saturated carbocycles. The molecular formula is C10H17N3O3. The second-order valence-electron chi connectivity index (χ2n) is 3.16. The fraction of sp³-hybridized carbons (Fsp3) is 0.600. The van der Waals surface area contributed by atoms with Gasteiger partial charge in [0.05, 0.1) is 19.3 Å². The normalized spacial score (nSPS) is 10.4. The average molecular weight is 227 g/mol. The number of carbonyl (C=O) groups excluding carboxylic acids is 1. The van der Waals surface area contributed by atoms with Crippen LogP contribution in [-0.4, -0.2) is 29.5 Å². The molecule has 6 nitrogen and oxygen atoms in total. The molecule has 0 bridgehead atoms. The first-order valence-electron chi connectivity index (χ1n) is 5.16. The van der Waals surface area contributed by atoms with Gasteiger partial charge < -0.3 is 15.2 Å². The van der Waals surface area contributed by atoms with E-state index in [1.165, 1.54) is 7.11 Å². The van der Waals surface area contributed by atoms with Crippen molar-refractivity contribution in [3.05, 3.63) is 11.3 Å². The zero-order valence-corrected chi connectivity index (χ0v) is 9.82. The van der Waals surface area contributed by atoms with Gasteiger partial charge in [-0.05, 0) is 13.8 Å². The van der Waals surface area contributed by atoms with Gasteiger partial charge in [0.25, 0.3) is 0 Å². The third-order valence-corrected chi connectivity index (χ3v) is 2.22. The molecule has 1 aromatic heterocycles. The second kappa shape index (κ2) is 5.50. The predicted octanol–water partition coefficient (Wildman–Crippen LogP) is 0.808. The van der Waals surface area contributed by atoms with Gasteiger partial charge in [0, 0.05) is 13.2 Å². The standard InChI is InChI=1S/C10H17N3O3/c1-4-13-9(11)7(6-16-5-2)8(12-13)10(14)15-3/h4-6,11H2,1-3H3. The fourth-order valence-corrected chi connectivity index (χ4v) is 1.36. The molecule has 16 heavy (non-hydrogen) atoms. The maximum Gasteiger partial charge on any atom is 0.359 e. The number of nitrogens with zero attached hydrogens (tertiary/aromatic N) is 2. The fourth-order valence-electron chi connectivity index (χ4n) is 1.36. The van der Waals surface area contributed by atoms with Crippen LogP contribution in [0.1, 0.15) is 29.9 Å². The predicted molar refractivity (Wildman–Crippen MR) is 59.0 cm³/mol. The molecule has 0 fully saturated rings. The molecule has 1 rings (SSSR count). The number of anilines is 1. The SMILES string of the molecule is CCOCc1c(C(=O)OC)nn(CC)c1N. The third-order valence-electron chi connectivity index (χ3n) is 2.22. The zero-order valence-electron chi connectivity index (χ0n) is 9.82. The third kappa shape index (κ3) is 2.33. The second-order valence-corrected chi connectivity index (χ2v) is 3.16. The lowest BCUT2D eigenvalue weighted by atomic mass is 10.2. The van der Waals surface area contributed by atoms with Crippen molar-refractivity contribution in [1.29, 1.82) is 0 Å². The number of aryl methyl sites for hydroxylation is 1. The lowest BCUT2D eigenvalue weighted by Crippen LogP contribution is -2.07. The number of aromatic nitrogens is 2. The van der Waals surface area contributed by atoms with Crippen molar-refractivity contribution in [2.75, 3.05) is 19.5 Å². The molecule has 2 N–H and O–H groups in total. The number of carbonyl (C=O) groups is 1. The van der Waals surface area contributed by atoms with Gasteiger partial charge in [0.2, 0.25) is 0 Å². The summed E-state index contributed by atoms with van der Waals surface area (Å²) in [5.41, 5.74) is 6.69. The molecule has 0 aliphatic rings. The smallest absolute Gasteiger partial charge is 0.359 e. The van der Waals surface area contributed by atoms with E-state index in [1.807, 2.05) is 13.8 Å². The van der Waals surface area contributed by atoms with Crippen molar-refractivity contribution in [1.82, 2.24) is 9.78 Å². The molecular weight excluding hydrogens is 210 g/mol. The highest BCUT2D eigenvalue weighted by Gasteiger charge is 2.21. The van der Waals surface area contributed by atoms with Gasteiger partial charge in [-0.25, -0.2) is 9.48 Å². The molecule has 0 atom stereocenters. The van der Waals surface area contributed by atoms with Crippen LogP contribution in [0.15, 0.2) is 0 Å². The Labute approximate surface area is 94.3 Å². The first-order valence-corrected chi connectivity index (χ1v) is 5.16. The molecule has 0 spiro atoms. The number of hydrogen-bond donors (Lipinski definition) is 1. The van der Waals surface area contributed by atoms with Crippen molar-refractivity contribution >= 4 is 11.8 Å². The van der Waals surface area contributed by atoms with E-state index < -0.39 is 5.97 Å². The van der Waals surface area contributed by atoms with Crippen molar-refractivity contribution in [3.63, 3.8) is 0 Å². The van der Waals surface area contributed by atoms with Gasteiger partial charge in [-0.15, -0.1) is 0 Å². The number of methoxy groups -OCH3 is 1. The Hall–Kier alpha value is -1.56. The van der Waals surface area contributed by atoms with E-state index in [2.05, 4.69) is 9.84 Å². The van der Waals surface area contributed by atoms with Crippen LogP contribution in [0.2, 0.25) is 0 Å². The quantitative estimate of drug-likeness (QED) is 0.753. The molecule has 90 valence electrons. The first-order chi connectivity index (χ1) is 7.65. The number of nitrogen functional groups attached to an aromatic ring is 1. The van der Waals surface area contributed by atoms with E-state index >= 15 is 0 Å². The van der Waals surface area contributed by atoms with E-state index in [0.29, 0.717) is 24.5 Å². The van der Waals surface area contributed by atoms with Crippen LogP contribution in [0.4, 0.5) is 5.82 Å². The topological polar surface area (TPSA) is 79.4 Å². The summed E-state index contributed by atoms with van der Waals surface area (Å²) in [5.74, 6) is -0.0371. The van der Waals surface area contributed by atoms with Crippen LogP contribution in [0.3, 0.4) is 0 Å². The molecule has 1 heterocycles. The van der Waals surface area contributed by atoms with Gasteiger partial charge in [-0.3, -0.25) is 0 Å². The maximum absolute atomic E-state index is 11.5. The van der Waals surface area contributed by atoms with Gasteiger partial charge in [-0.2, -0.15) is 5.10 Å². The maximum atomic E-state index is 11.5. The van der Waals surface area contributed by atoms with Crippen molar-refractivity contribution in [3.8, 4) is 0 Å². The van der Waals surface area contributed by atoms with Crippen LogP contribution in [0, 0.1) is 0 Å². The van der Waals surface area contributed by atoms with E-state index in [4.69, 9.17) is 10.5 Å². The Morgan fingerprint density at radius 1 is 1.50 bits per heavy atom. The Morgan fingerprint density at radius 2 is 2.19 bits per heavy atom. The largest absolute Gasteiger partial charge is 0.464 e. The Morgan fingerprint density at radius 3 is 2.69 bits per heavy atom. The Balaban J connectivity index is 3.08. The molecule has 0 aliphatic carbocycles. The molecule has 6 heteroatoms. The summed E-state index contributed by atoms with van der Waals surface area (Å²) in [7, 11) is 1.31. The number of ether oxygens (including phenoxy) is 2. The molecule has 0 aromatic carbocycles. The van der Waals surface area contributed by atoms with Crippen LogP contribution < -0.4 is 5.73 Å². The van der Waals surface area contributed by atoms with Gasteiger partial charge in [0.1, 0.15) is 5.82 Å². The summed E-state index contributed by atoms with van der Waals surface area (Å²) in [4.78, 5) is 11.5. The molecule has 0 radical (unpaired) electrons. The highest BCUT2D eigenvalue weighted by atomic mass is 16.5. The summed E-state index contributed by atoms with van der Waals surface area (Å²) in [6.45, 7) is 5.19. The van der Waals surface area contributed by atoms with E-state index in [9.17, 15) is 4.79 Å². The molecule has 1 aromatic rings. The van der Waals surface area contributed by atoms with Crippen molar-refractivity contribution in [2.45, 2.75) is 27.0 Å². The number of hydrogen-bond acceptors (Lipinski definition) is 5. The average Bonchev–Trinajstić information content (AvgIpc) is 2.62. The van der Waals surface area contributed by atoms with Gasteiger partial charge in [-0.1, -0.05) is 0 Å². The summed E-state index contributed by atoms with van der Waals surface area (Å²) < 4.78 is 11.5. The highest BCUT2D eigenvalue weighted by molar-refractivity contribution is 5.90. The number of esters is 1. The van der Waals surface area contributed by atoms with E-state index in [1.54, 1.807) is 4.68 Å². The van der Waals surface area contributed by atoms with E-state index in [-0.39, 0.29) is 12.3 Å². The molecule has 0 saturated heterocycles. The van der Waals surface area contributed by atoms with Crippen LogP contribution in [0.5, 0.6) is 0 Å². The summed E-state index contributed by atoms with van der Waals surface area (Å²) in [5, 5.41) is 4.09. The summed E-state index contributed by atoms with van der Waals surface area (Å²) in [6, 6.07) is 0. The lowest BCUT2D eigenvalue weighted by molar-refractivity contribution is 0.0586. The molecule has 0 aliphatic heterocycles. The van der Waals surface area contributed by atoms with E-state index in [0.717, 1.165) is 0 Å². The van der Waals surface area contributed by atoms with Crippen LogP contribution in [0.25, 0.3) is 0 Å². The highest BCUT2D eigenvalue weighted by Crippen LogP contribution is 2.18. The number of rotatable bonds is 5. The molecule has 0 unspecified atom stereocenters. The lowest BCUT2D eigenvalue weighted by Gasteiger charge is -2.03. The van der Waals surface area contributed by atoms with Crippen molar-refractivity contribution in [2.24, 2.45) is 0 Å². The Kier molecular flexibility index (Phi) is 4.30. The van der Waals surface area contributed by atoms with Crippen LogP contribution >= 0.6 is 0 Å². The minimum absolute atomic E-state index is 0.232. The Bertz CT molecular complexity index is 374. The van der Waals surface area contributed by atoms with Crippen molar-refractivity contribution < 1.29 is 14.3 Å². The zero-order chi connectivity index (χ0) is 12.1. The minimum atomic E-state index is -0.492. The van der Waals surface area contributed by atoms with Crippen LogP contribution in [-0.2, 0) is 22.6 Å². The van der Waals surface area contributed by atoms with Gasteiger partial charge in [0.15, 0.2) is 5.69 Å². The number of nitrogens with two attached hydrogens (primary N) is 1. The summed E-state index contributed by atoms with van der Waals surface area (Å²) in [6.07, 6.45) is 0.